The fourth-order valence-electron chi connectivity index (χ4n) is 3.11. The molecule has 98 valence electrons. The Labute approximate surface area is 112 Å². The van der Waals surface area contributed by atoms with Crippen LogP contribution >= 0.6 is 11.3 Å². The Kier molecular flexibility index (Phi) is 3.66. The lowest BCUT2D eigenvalue weighted by molar-refractivity contribution is -0.137. The van der Waals surface area contributed by atoms with E-state index in [1.54, 1.807) is 11.3 Å². The third-order valence-corrected chi connectivity index (χ3v) is 5.07. The van der Waals surface area contributed by atoms with Crippen molar-refractivity contribution < 1.29 is 4.79 Å². The second-order valence-electron chi connectivity index (χ2n) is 5.23. The maximum Gasteiger partial charge on any atom is 0.226 e. The molecule has 3 rings (SSSR count). The number of likely N-dealkylation sites (tertiary alicyclic amines) is 1. The standard InChI is InChI=1S/C14H20N2OS/c17-14(11-5-7-15-8-6-11)16-9-1-3-12(16)13-4-2-10-18-13/h2,4,10-12,15H,1,3,5-9H2. The zero-order chi connectivity index (χ0) is 12.4. The maximum absolute atomic E-state index is 12.6. The van der Waals surface area contributed by atoms with Gasteiger partial charge in [0.05, 0.1) is 6.04 Å². The molecular formula is C14H20N2OS. The molecule has 1 aromatic rings. The first-order valence-corrected chi connectivity index (χ1v) is 7.79. The number of piperidine rings is 1. The summed E-state index contributed by atoms with van der Waals surface area (Å²) in [5.41, 5.74) is 0. The second-order valence-corrected chi connectivity index (χ2v) is 6.21. The monoisotopic (exact) mass is 264 g/mol. The first-order chi connectivity index (χ1) is 8.86. The van der Waals surface area contributed by atoms with Crippen molar-refractivity contribution in [3.05, 3.63) is 22.4 Å². The number of thiophene rings is 1. The maximum atomic E-state index is 12.6. The molecular weight excluding hydrogens is 244 g/mol. The van der Waals surface area contributed by atoms with Gasteiger partial charge in [0.15, 0.2) is 0 Å². The Morgan fingerprint density at radius 2 is 2.17 bits per heavy atom. The van der Waals surface area contributed by atoms with E-state index < -0.39 is 0 Å². The van der Waals surface area contributed by atoms with Crippen molar-refractivity contribution in [2.75, 3.05) is 19.6 Å². The van der Waals surface area contributed by atoms with Crippen LogP contribution in [0.4, 0.5) is 0 Å². The lowest BCUT2D eigenvalue weighted by atomic mass is 9.96. The number of nitrogens with zero attached hydrogens (tertiary/aromatic N) is 1. The predicted octanol–water partition coefficient (Wildman–Crippen LogP) is 2.41. The lowest BCUT2D eigenvalue weighted by Gasteiger charge is -2.30. The third kappa shape index (κ3) is 2.31. The summed E-state index contributed by atoms with van der Waals surface area (Å²) < 4.78 is 0. The van der Waals surface area contributed by atoms with Crippen LogP contribution in [0.15, 0.2) is 17.5 Å². The van der Waals surface area contributed by atoms with Crippen LogP contribution in [0.25, 0.3) is 0 Å². The van der Waals surface area contributed by atoms with Gasteiger partial charge in [-0.2, -0.15) is 0 Å². The summed E-state index contributed by atoms with van der Waals surface area (Å²) in [6, 6.07) is 4.61. The molecule has 1 N–H and O–H groups in total. The molecule has 2 saturated heterocycles. The summed E-state index contributed by atoms with van der Waals surface area (Å²) in [4.78, 5) is 16.1. The highest BCUT2D eigenvalue weighted by molar-refractivity contribution is 7.10. The molecule has 2 aliphatic rings. The first kappa shape index (κ1) is 12.2. The highest BCUT2D eigenvalue weighted by Gasteiger charge is 2.34. The quantitative estimate of drug-likeness (QED) is 0.889. The van der Waals surface area contributed by atoms with Gasteiger partial charge in [-0.05, 0) is 50.2 Å². The SMILES string of the molecule is O=C(C1CCNCC1)N1CCCC1c1cccs1. The van der Waals surface area contributed by atoms with Gasteiger partial charge in [-0.1, -0.05) is 6.07 Å². The molecule has 2 fully saturated rings. The molecule has 0 saturated carbocycles. The van der Waals surface area contributed by atoms with Crippen molar-refractivity contribution in [3.8, 4) is 0 Å². The van der Waals surface area contributed by atoms with Crippen LogP contribution in [0.1, 0.15) is 36.6 Å². The van der Waals surface area contributed by atoms with E-state index in [0.717, 1.165) is 45.3 Å². The number of carbonyl (C=O) groups excluding carboxylic acids is 1. The van der Waals surface area contributed by atoms with E-state index in [0.29, 0.717) is 11.9 Å². The highest BCUT2D eigenvalue weighted by atomic mass is 32.1. The third-order valence-electron chi connectivity index (χ3n) is 4.10. The van der Waals surface area contributed by atoms with Crippen LogP contribution < -0.4 is 5.32 Å². The number of rotatable bonds is 2. The molecule has 1 amide bonds. The molecule has 3 nitrogen and oxygen atoms in total. The van der Waals surface area contributed by atoms with Crippen LogP contribution in [0, 0.1) is 5.92 Å². The lowest BCUT2D eigenvalue weighted by Crippen LogP contribution is -2.40. The first-order valence-electron chi connectivity index (χ1n) is 6.91. The zero-order valence-corrected chi connectivity index (χ0v) is 11.4. The largest absolute Gasteiger partial charge is 0.335 e. The van der Waals surface area contributed by atoms with Crippen molar-refractivity contribution in [1.82, 2.24) is 10.2 Å². The molecule has 0 spiro atoms. The molecule has 4 heteroatoms. The van der Waals surface area contributed by atoms with Gasteiger partial charge >= 0.3 is 0 Å². The van der Waals surface area contributed by atoms with Crippen LogP contribution in [-0.2, 0) is 4.79 Å². The van der Waals surface area contributed by atoms with E-state index >= 15 is 0 Å². The van der Waals surface area contributed by atoms with Crippen molar-refractivity contribution in [2.45, 2.75) is 31.7 Å². The smallest absolute Gasteiger partial charge is 0.226 e. The van der Waals surface area contributed by atoms with E-state index in [1.165, 1.54) is 4.88 Å². The summed E-state index contributed by atoms with van der Waals surface area (Å²) in [5, 5.41) is 5.44. The summed E-state index contributed by atoms with van der Waals surface area (Å²) in [5.74, 6) is 0.652. The van der Waals surface area contributed by atoms with Crippen molar-refractivity contribution in [3.63, 3.8) is 0 Å². The van der Waals surface area contributed by atoms with Gasteiger partial charge in [-0.25, -0.2) is 0 Å². The Balaban J connectivity index is 1.72. The van der Waals surface area contributed by atoms with E-state index in [2.05, 4.69) is 27.7 Å². The molecule has 0 bridgehead atoms. The summed E-state index contributed by atoms with van der Waals surface area (Å²) in [6.45, 7) is 2.94. The average molecular weight is 264 g/mol. The van der Waals surface area contributed by atoms with Crippen molar-refractivity contribution in [2.24, 2.45) is 5.92 Å². The number of hydrogen-bond acceptors (Lipinski definition) is 3. The molecule has 1 unspecified atom stereocenters. The summed E-state index contributed by atoms with van der Waals surface area (Å²) in [6.07, 6.45) is 4.30. The number of hydrogen-bond donors (Lipinski definition) is 1. The molecule has 1 aromatic heterocycles. The Bertz CT molecular complexity index is 398. The molecule has 3 heterocycles. The number of nitrogens with one attached hydrogen (secondary N) is 1. The second kappa shape index (κ2) is 5.41. The fourth-order valence-corrected chi connectivity index (χ4v) is 3.98. The molecule has 18 heavy (non-hydrogen) atoms. The van der Waals surface area contributed by atoms with E-state index in [-0.39, 0.29) is 5.92 Å². The van der Waals surface area contributed by atoms with E-state index in [4.69, 9.17) is 0 Å². The molecule has 2 aliphatic heterocycles. The van der Waals surface area contributed by atoms with Crippen LogP contribution in [0.3, 0.4) is 0 Å². The minimum absolute atomic E-state index is 0.256. The van der Waals surface area contributed by atoms with Gasteiger partial charge in [-0.15, -0.1) is 11.3 Å². The van der Waals surface area contributed by atoms with E-state index in [1.807, 2.05) is 0 Å². The van der Waals surface area contributed by atoms with Crippen LogP contribution in [0.2, 0.25) is 0 Å². The minimum Gasteiger partial charge on any atom is -0.335 e. The van der Waals surface area contributed by atoms with Crippen molar-refractivity contribution >= 4 is 17.2 Å². The topological polar surface area (TPSA) is 32.3 Å². The fraction of sp³-hybridized carbons (Fsp3) is 0.643. The van der Waals surface area contributed by atoms with Gasteiger partial charge in [0.1, 0.15) is 0 Å². The average Bonchev–Trinajstić information content (AvgIpc) is 3.09. The molecule has 1 atom stereocenters. The number of carbonyl (C=O) groups is 1. The molecule has 0 radical (unpaired) electrons. The Morgan fingerprint density at radius 1 is 1.33 bits per heavy atom. The Morgan fingerprint density at radius 3 is 2.89 bits per heavy atom. The van der Waals surface area contributed by atoms with Gasteiger partial charge in [0.2, 0.25) is 5.91 Å². The van der Waals surface area contributed by atoms with Crippen LogP contribution in [0.5, 0.6) is 0 Å². The van der Waals surface area contributed by atoms with Crippen molar-refractivity contribution in [1.29, 1.82) is 0 Å². The highest BCUT2D eigenvalue weighted by Crippen LogP contribution is 2.36. The van der Waals surface area contributed by atoms with Gasteiger partial charge in [-0.3, -0.25) is 4.79 Å². The number of amides is 1. The molecule has 0 aliphatic carbocycles. The van der Waals surface area contributed by atoms with E-state index in [9.17, 15) is 4.79 Å². The summed E-state index contributed by atoms with van der Waals surface area (Å²) in [7, 11) is 0. The van der Waals surface area contributed by atoms with Gasteiger partial charge in [0.25, 0.3) is 0 Å². The van der Waals surface area contributed by atoms with Crippen LogP contribution in [-0.4, -0.2) is 30.4 Å². The minimum atomic E-state index is 0.256. The summed E-state index contributed by atoms with van der Waals surface area (Å²) >= 11 is 1.78. The predicted molar refractivity (Wildman–Crippen MR) is 73.6 cm³/mol. The van der Waals surface area contributed by atoms with Gasteiger partial charge in [0, 0.05) is 17.3 Å². The molecule has 0 aromatic carbocycles. The Hall–Kier alpha value is -0.870. The van der Waals surface area contributed by atoms with Gasteiger partial charge < -0.3 is 10.2 Å². The normalized spacial score (nSPS) is 25.6. The zero-order valence-electron chi connectivity index (χ0n) is 10.6.